The number of alkyl halides is 6. The van der Waals surface area contributed by atoms with Crippen molar-refractivity contribution in [3.05, 3.63) is 83.9 Å². The number of halogens is 6. The molecule has 0 spiro atoms. The summed E-state index contributed by atoms with van der Waals surface area (Å²) in [6.45, 7) is 0. The highest BCUT2D eigenvalue weighted by Gasteiger charge is 2.33. The molecule has 0 fully saturated rings. The summed E-state index contributed by atoms with van der Waals surface area (Å²) in [5.74, 6) is 0.406. The zero-order chi connectivity index (χ0) is 27.8. The van der Waals surface area contributed by atoms with E-state index in [4.69, 9.17) is 32.4 Å². The summed E-state index contributed by atoms with van der Waals surface area (Å²) in [6, 6.07) is 16.1. The third-order valence-corrected chi connectivity index (χ3v) is 5.43. The van der Waals surface area contributed by atoms with E-state index >= 15 is 0 Å². The first-order valence-electron chi connectivity index (χ1n) is 10.8. The molecule has 38 heavy (non-hydrogen) atoms. The van der Waals surface area contributed by atoms with Gasteiger partial charge in [0.2, 0.25) is 0 Å². The Morgan fingerprint density at radius 3 is 0.947 bits per heavy atom. The Labute approximate surface area is 212 Å². The summed E-state index contributed by atoms with van der Waals surface area (Å²) in [4.78, 5) is 0. The van der Waals surface area contributed by atoms with Crippen LogP contribution < -0.4 is 32.4 Å². The van der Waals surface area contributed by atoms with Gasteiger partial charge in [0.1, 0.15) is 11.5 Å². The van der Waals surface area contributed by atoms with E-state index in [9.17, 15) is 26.3 Å². The van der Waals surface area contributed by atoms with Crippen LogP contribution in [0.2, 0.25) is 0 Å². The van der Waals surface area contributed by atoms with Crippen LogP contribution in [0, 0.1) is 0 Å². The van der Waals surface area contributed by atoms with E-state index < -0.39 is 23.5 Å². The fraction of sp³-hybridized carbons (Fsp3) is 0.0769. The van der Waals surface area contributed by atoms with Crippen molar-refractivity contribution in [3.8, 4) is 34.1 Å². The summed E-state index contributed by atoms with van der Waals surface area (Å²) < 4.78 is 88.8. The molecule has 0 aromatic heterocycles. The van der Waals surface area contributed by atoms with Crippen molar-refractivity contribution >= 4 is 22.7 Å². The molecular formula is C26H20F6N4O2. The molecular weight excluding hydrogens is 514 g/mol. The van der Waals surface area contributed by atoms with Crippen molar-refractivity contribution in [2.24, 2.45) is 0 Å². The summed E-state index contributed by atoms with van der Waals surface area (Å²) in [6.07, 6.45) is -9.19. The molecule has 0 amide bonds. The van der Waals surface area contributed by atoms with E-state index in [-0.39, 0.29) is 34.2 Å². The van der Waals surface area contributed by atoms with E-state index in [1.165, 1.54) is 0 Å². The third kappa shape index (κ3) is 5.64. The maximum absolute atomic E-state index is 12.9. The lowest BCUT2D eigenvalue weighted by atomic mass is 10.1. The summed E-state index contributed by atoms with van der Waals surface area (Å²) >= 11 is 0. The maximum atomic E-state index is 12.9. The number of anilines is 4. The van der Waals surface area contributed by atoms with Crippen LogP contribution in [0.4, 0.5) is 49.1 Å². The summed E-state index contributed by atoms with van der Waals surface area (Å²) in [7, 11) is 0. The lowest BCUT2D eigenvalue weighted by Gasteiger charge is -2.15. The van der Waals surface area contributed by atoms with E-state index in [2.05, 4.69) is 0 Å². The second-order valence-electron chi connectivity index (χ2n) is 8.22. The van der Waals surface area contributed by atoms with Gasteiger partial charge in [-0.25, -0.2) is 0 Å². The van der Waals surface area contributed by atoms with E-state index in [0.29, 0.717) is 11.5 Å². The standard InChI is InChI=1S/C26H20F6N4O2/c27-25(28,29)15-9-19(33)23(20(34)10-15)37-17-5-1-13(2-6-17)14-3-7-18(8-4-14)38-24-21(35)11-16(12-22(24)36)26(30,31)32/h1-12H,33-36H2. The van der Waals surface area contributed by atoms with Crippen molar-refractivity contribution in [3.63, 3.8) is 0 Å². The second kappa shape index (κ2) is 9.61. The van der Waals surface area contributed by atoms with Gasteiger partial charge in [-0.1, -0.05) is 24.3 Å². The topological polar surface area (TPSA) is 123 Å². The fourth-order valence-corrected chi connectivity index (χ4v) is 3.58. The third-order valence-electron chi connectivity index (χ3n) is 5.43. The van der Waals surface area contributed by atoms with Crippen LogP contribution in [0.25, 0.3) is 11.1 Å². The van der Waals surface area contributed by atoms with Gasteiger partial charge < -0.3 is 32.4 Å². The SMILES string of the molecule is Nc1cc(C(F)(F)F)cc(N)c1Oc1ccc(-c2ccc(Oc3c(N)cc(C(F)(F)F)cc3N)cc2)cc1. The second-order valence-corrected chi connectivity index (χ2v) is 8.22. The van der Waals surface area contributed by atoms with Gasteiger partial charge in [0, 0.05) is 0 Å². The molecule has 0 aliphatic heterocycles. The van der Waals surface area contributed by atoms with Gasteiger partial charge >= 0.3 is 12.4 Å². The minimum Gasteiger partial charge on any atom is -0.453 e. The minimum atomic E-state index is -4.60. The van der Waals surface area contributed by atoms with E-state index in [1.54, 1.807) is 48.5 Å². The number of rotatable bonds is 5. The predicted octanol–water partition coefficient (Wildman–Crippen LogP) is 7.30. The first-order valence-corrected chi connectivity index (χ1v) is 10.8. The number of benzene rings is 4. The predicted molar refractivity (Wildman–Crippen MR) is 133 cm³/mol. The molecule has 0 heterocycles. The van der Waals surface area contributed by atoms with Crippen LogP contribution >= 0.6 is 0 Å². The number of nitrogen functional groups attached to an aromatic ring is 4. The Kier molecular flexibility index (Phi) is 6.66. The summed E-state index contributed by atoms with van der Waals surface area (Å²) in [5.41, 5.74) is 21.4. The van der Waals surface area contributed by atoms with Crippen molar-refractivity contribution in [1.82, 2.24) is 0 Å². The summed E-state index contributed by atoms with van der Waals surface area (Å²) in [5, 5.41) is 0. The van der Waals surface area contributed by atoms with E-state index in [0.717, 1.165) is 35.4 Å². The van der Waals surface area contributed by atoms with Crippen LogP contribution in [-0.2, 0) is 12.4 Å². The highest BCUT2D eigenvalue weighted by atomic mass is 19.4. The molecule has 0 saturated heterocycles. The van der Waals surface area contributed by atoms with Gasteiger partial charge in [0.05, 0.1) is 33.9 Å². The molecule has 12 heteroatoms. The Morgan fingerprint density at radius 1 is 0.447 bits per heavy atom. The Hall–Kier alpha value is -4.74. The highest BCUT2D eigenvalue weighted by molar-refractivity contribution is 5.72. The largest absolute Gasteiger partial charge is 0.453 e. The smallest absolute Gasteiger partial charge is 0.416 e. The number of hydrogen-bond acceptors (Lipinski definition) is 6. The Balaban J connectivity index is 1.48. The zero-order valence-electron chi connectivity index (χ0n) is 19.3. The highest BCUT2D eigenvalue weighted by Crippen LogP contribution is 2.41. The van der Waals surface area contributed by atoms with Crippen molar-refractivity contribution in [1.29, 1.82) is 0 Å². The molecule has 4 rings (SSSR count). The van der Waals surface area contributed by atoms with Crippen LogP contribution in [0.5, 0.6) is 23.0 Å². The van der Waals surface area contributed by atoms with Crippen LogP contribution in [0.15, 0.2) is 72.8 Å². The first-order chi connectivity index (χ1) is 17.7. The molecule has 0 saturated carbocycles. The van der Waals surface area contributed by atoms with Crippen LogP contribution in [0.1, 0.15) is 11.1 Å². The molecule has 0 radical (unpaired) electrons. The van der Waals surface area contributed by atoms with Gasteiger partial charge in [-0.3, -0.25) is 0 Å². The van der Waals surface area contributed by atoms with Crippen LogP contribution in [0.3, 0.4) is 0 Å². The van der Waals surface area contributed by atoms with Gasteiger partial charge in [-0.05, 0) is 59.7 Å². The number of ether oxygens (including phenoxy) is 2. The Bertz CT molecular complexity index is 1310. The average Bonchev–Trinajstić information content (AvgIpc) is 2.83. The average molecular weight is 534 g/mol. The fourth-order valence-electron chi connectivity index (χ4n) is 3.58. The molecule has 4 aromatic carbocycles. The number of nitrogens with two attached hydrogens (primary N) is 4. The lowest BCUT2D eigenvalue weighted by Crippen LogP contribution is -2.08. The molecule has 198 valence electrons. The molecule has 0 aliphatic rings. The quantitative estimate of drug-likeness (QED) is 0.157. The Morgan fingerprint density at radius 2 is 0.711 bits per heavy atom. The van der Waals surface area contributed by atoms with Crippen LogP contribution in [-0.4, -0.2) is 0 Å². The van der Waals surface area contributed by atoms with Gasteiger partial charge in [-0.2, -0.15) is 26.3 Å². The maximum Gasteiger partial charge on any atom is 0.416 e. The van der Waals surface area contributed by atoms with Crippen molar-refractivity contribution in [2.75, 3.05) is 22.9 Å². The van der Waals surface area contributed by atoms with E-state index in [1.807, 2.05) is 0 Å². The molecule has 0 aliphatic carbocycles. The van der Waals surface area contributed by atoms with Crippen molar-refractivity contribution < 1.29 is 35.8 Å². The molecule has 4 aromatic rings. The molecule has 8 N–H and O–H groups in total. The monoisotopic (exact) mass is 534 g/mol. The molecule has 0 unspecified atom stereocenters. The van der Waals surface area contributed by atoms with Gasteiger partial charge in [0.15, 0.2) is 11.5 Å². The van der Waals surface area contributed by atoms with Gasteiger partial charge in [-0.15, -0.1) is 0 Å². The minimum absolute atomic E-state index is 0.0888. The first kappa shape index (κ1) is 26.3. The normalized spacial score (nSPS) is 11.8. The molecule has 6 nitrogen and oxygen atoms in total. The van der Waals surface area contributed by atoms with Gasteiger partial charge in [0.25, 0.3) is 0 Å². The molecule has 0 atom stereocenters. The van der Waals surface area contributed by atoms with Crippen molar-refractivity contribution in [2.45, 2.75) is 12.4 Å². The lowest BCUT2D eigenvalue weighted by molar-refractivity contribution is -0.138. The number of hydrogen-bond donors (Lipinski definition) is 4. The zero-order valence-corrected chi connectivity index (χ0v) is 19.3. The molecule has 0 bridgehead atoms.